The van der Waals surface area contributed by atoms with Crippen LogP contribution in [0.15, 0.2) is 65.3 Å². The van der Waals surface area contributed by atoms with Gasteiger partial charge in [-0.1, -0.05) is 18.2 Å². The quantitative estimate of drug-likeness (QED) is 0.576. The van der Waals surface area contributed by atoms with Crippen molar-refractivity contribution in [3.8, 4) is 12.1 Å². The van der Waals surface area contributed by atoms with E-state index in [1.807, 2.05) is 25.1 Å². The second-order valence-corrected chi connectivity index (χ2v) is 7.39. The fourth-order valence-corrected chi connectivity index (χ4v) is 4.54. The van der Waals surface area contributed by atoms with Crippen LogP contribution in [0.5, 0.6) is 0 Å². The normalized spacial score (nSPS) is 19.9. The molecule has 0 radical (unpaired) electrons. The summed E-state index contributed by atoms with van der Waals surface area (Å²) in [5.74, 6) is 1.37. The van der Waals surface area contributed by atoms with E-state index in [-0.39, 0.29) is 5.57 Å². The monoisotopic (exact) mass is 356 g/mol. The van der Waals surface area contributed by atoms with Gasteiger partial charge in [0.15, 0.2) is 0 Å². The summed E-state index contributed by atoms with van der Waals surface area (Å²) in [6.45, 7) is 4.05. The summed E-state index contributed by atoms with van der Waals surface area (Å²) in [6, 6.07) is 10.6. The van der Waals surface area contributed by atoms with Gasteiger partial charge in [0, 0.05) is 35.6 Å². The average Bonchev–Trinajstić information content (AvgIpc) is 2.68. The van der Waals surface area contributed by atoms with Crippen molar-refractivity contribution in [1.29, 1.82) is 10.5 Å². The second kappa shape index (κ2) is 6.91. The number of aryl methyl sites for hydroxylation is 2. The minimum atomic E-state index is 0.110. The molecule has 27 heavy (non-hydrogen) atoms. The van der Waals surface area contributed by atoms with Crippen LogP contribution in [0.4, 0.5) is 5.69 Å². The largest absolute Gasteiger partial charge is 0.462 e. The maximum absolute atomic E-state index is 9.16. The van der Waals surface area contributed by atoms with Crippen molar-refractivity contribution in [3.63, 3.8) is 0 Å². The van der Waals surface area contributed by atoms with E-state index in [1.54, 1.807) is 12.2 Å². The maximum Gasteiger partial charge on any atom is 0.143 e. The molecule has 3 heterocycles. The third-order valence-electron chi connectivity index (χ3n) is 5.63. The molecule has 0 amide bonds. The van der Waals surface area contributed by atoms with Crippen molar-refractivity contribution in [2.24, 2.45) is 0 Å². The summed E-state index contributed by atoms with van der Waals surface area (Å²) < 4.78 is 6.72. The first kappa shape index (κ1) is 17.3. The van der Waals surface area contributed by atoms with Gasteiger partial charge in [-0.25, -0.2) is 0 Å². The van der Waals surface area contributed by atoms with Gasteiger partial charge < -0.3 is 4.74 Å². The number of quaternary nitrogens is 1. The van der Waals surface area contributed by atoms with Crippen molar-refractivity contribution in [2.45, 2.75) is 32.6 Å². The van der Waals surface area contributed by atoms with Gasteiger partial charge in [-0.3, -0.25) is 4.48 Å². The Kier molecular flexibility index (Phi) is 4.44. The van der Waals surface area contributed by atoms with E-state index >= 15 is 0 Å². The Morgan fingerprint density at radius 3 is 2.37 bits per heavy atom. The summed E-state index contributed by atoms with van der Waals surface area (Å²) in [5.41, 5.74) is 5.13. The van der Waals surface area contributed by atoms with Gasteiger partial charge in [0.25, 0.3) is 0 Å². The van der Waals surface area contributed by atoms with E-state index in [0.717, 1.165) is 30.4 Å². The molecule has 4 nitrogen and oxygen atoms in total. The number of nitriles is 2. The van der Waals surface area contributed by atoms with Crippen LogP contribution in [0.3, 0.4) is 0 Å². The Bertz CT molecular complexity index is 951. The minimum absolute atomic E-state index is 0.110. The van der Waals surface area contributed by atoms with E-state index in [1.165, 1.54) is 29.7 Å². The Morgan fingerprint density at radius 1 is 1.07 bits per heavy atom. The molecule has 134 valence electrons. The standard InChI is InChI=1S/C23H22N3O/c1-17-13-20(21(15-24)16-25)14-22(27-17)9-12-26-10-3-7-18-5-2-6-19(23(18)26)8-4-11-26/h2,5-6,9,12-14H,3-4,7-8,10-11H2,1H3/q+1. The van der Waals surface area contributed by atoms with Gasteiger partial charge in [0.05, 0.1) is 13.1 Å². The van der Waals surface area contributed by atoms with Gasteiger partial charge in [-0.2, -0.15) is 10.5 Å². The molecule has 1 aromatic carbocycles. The second-order valence-electron chi connectivity index (χ2n) is 7.39. The van der Waals surface area contributed by atoms with Crippen LogP contribution in [0, 0.1) is 22.7 Å². The molecule has 0 unspecified atom stereocenters. The summed E-state index contributed by atoms with van der Waals surface area (Å²) in [6.07, 6.45) is 12.4. The number of ether oxygens (including phenoxy) is 1. The third kappa shape index (κ3) is 3.10. The zero-order chi connectivity index (χ0) is 18.9. The molecule has 0 aliphatic carbocycles. The van der Waals surface area contributed by atoms with Crippen LogP contribution >= 0.6 is 0 Å². The molecule has 0 spiro atoms. The average molecular weight is 356 g/mol. The molecule has 0 saturated carbocycles. The van der Waals surface area contributed by atoms with Crippen LogP contribution in [-0.4, -0.2) is 13.1 Å². The summed E-state index contributed by atoms with van der Waals surface area (Å²) in [7, 11) is 0. The topological polar surface area (TPSA) is 56.8 Å². The molecule has 0 bridgehead atoms. The summed E-state index contributed by atoms with van der Waals surface area (Å²) in [5, 5.41) is 18.3. The van der Waals surface area contributed by atoms with Gasteiger partial charge in [-0.05, 0) is 31.9 Å². The highest BCUT2D eigenvalue weighted by molar-refractivity contribution is 5.62. The van der Waals surface area contributed by atoms with Crippen molar-refractivity contribution in [2.75, 3.05) is 13.1 Å². The molecule has 0 fully saturated rings. The fourth-order valence-electron chi connectivity index (χ4n) is 4.54. The lowest BCUT2D eigenvalue weighted by Crippen LogP contribution is -2.51. The molecule has 0 saturated heterocycles. The van der Waals surface area contributed by atoms with Crippen LogP contribution in [0.2, 0.25) is 0 Å². The van der Waals surface area contributed by atoms with E-state index < -0.39 is 0 Å². The van der Waals surface area contributed by atoms with E-state index in [2.05, 4.69) is 24.4 Å². The van der Waals surface area contributed by atoms with Gasteiger partial charge in [0.1, 0.15) is 41.1 Å². The molecular weight excluding hydrogens is 334 g/mol. The fraction of sp³-hybridized carbons (Fsp3) is 0.304. The highest BCUT2D eigenvalue weighted by Gasteiger charge is 2.38. The number of para-hydroxylation sites is 1. The number of allylic oxidation sites excluding steroid dienone is 6. The third-order valence-corrected chi connectivity index (χ3v) is 5.63. The maximum atomic E-state index is 9.16. The van der Waals surface area contributed by atoms with E-state index in [4.69, 9.17) is 15.3 Å². The SMILES string of the molecule is CC1=CC(=C(C#N)C#N)C=C(C=C[N+]23CCCc4cccc(c42)CCC3)O1. The zero-order valence-electron chi connectivity index (χ0n) is 15.5. The van der Waals surface area contributed by atoms with Crippen LogP contribution in [0.1, 0.15) is 30.9 Å². The van der Waals surface area contributed by atoms with Gasteiger partial charge in [-0.15, -0.1) is 0 Å². The zero-order valence-corrected chi connectivity index (χ0v) is 15.5. The lowest BCUT2D eigenvalue weighted by molar-refractivity contribution is 0.305. The molecular formula is C23H22N3O+. The molecule has 0 atom stereocenters. The van der Waals surface area contributed by atoms with Crippen LogP contribution in [-0.2, 0) is 17.6 Å². The Balaban J connectivity index is 1.73. The number of hydrogen-bond acceptors (Lipinski definition) is 3. The van der Waals surface area contributed by atoms with E-state index in [9.17, 15) is 0 Å². The minimum Gasteiger partial charge on any atom is -0.462 e. The Hall–Kier alpha value is -3.08. The van der Waals surface area contributed by atoms with Gasteiger partial charge >= 0.3 is 0 Å². The molecule has 0 N–H and O–H groups in total. The lowest BCUT2D eigenvalue weighted by Gasteiger charge is -2.43. The molecule has 0 aromatic heterocycles. The highest BCUT2D eigenvalue weighted by atomic mass is 16.5. The van der Waals surface area contributed by atoms with Crippen LogP contribution in [0.25, 0.3) is 0 Å². The smallest absolute Gasteiger partial charge is 0.143 e. The van der Waals surface area contributed by atoms with E-state index in [0.29, 0.717) is 17.1 Å². The molecule has 3 aliphatic heterocycles. The molecule has 1 aromatic rings. The highest BCUT2D eigenvalue weighted by Crippen LogP contribution is 2.41. The van der Waals surface area contributed by atoms with Crippen molar-refractivity contribution in [3.05, 3.63) is 76.4 Å². The Labute approximate surface area is 160 Å². The van der Waals surface area contributed by atoms with Crippen molar-refractivity contribution in [1.82, 2.24) is 4.48 Å². The van der Waals surface area contributed by atoms with Gasteiger partial charge in [0.2, 0.25) is 0 Å². The van der Waals surface area contributed by atoms with Crippen molar-refractivity contribution >= 4 is 5.69 Å². The van der Waals surface area contributed by atoms with Crippen LogP contribution < -0.4 is 4.48 Å². The summed E-state index contributed by atoms with van der Waals surface area (Å²) in [4.78, 5) is 0. The first-order valence-corrected chi connectivity index (χ1v) is 9.45. The number of hydrogen-bond donors (Lipinski definition) is 0. The Morgan fingerprint density at radius 2 is 1.74 bits per heavy atom. The lowest BCUT2D eigenvalue weighted by atomic mass is 9.89. The number of rotatable bonds is 2. The molecule has 4 rings (SSSR count). The predicted molar refractivity (Wildman–Crippen MR) is 105 cm³/mol. The first-order chi connectivity index (χ1) is 13.1. The molecule has 4 heteroatoms. The molecule has 3 aliphatic rings. The number of nitrogens with zero attached hydrogens (tertiary/aromatic N) is 3. The summed E-state index contributed by atoms with van der Waals surface area (Å²) >= 11 is 0. The predicted octanol–water partition coefficient (Wildman–Crippen LogP) is 4.56. The van der Waals surface area contributed by atoms with Crippen molar-refractivity contribution < 1.29 is 4.74 Å². The first-order valence-electron chi connectivity index (χ1n) is 9.45. The number of benzene rings is 1.